The van der Waals surface area contributed by atoms with Crippen molar-refractivity contribution in [3.8, 4) is 10.4 Å². The molecule has 1 aliphatic heterocycles. The SMILES string of the molecule is NC(=O)[C@H]1Cc2ccccc2CN1C(=O)c1ccc(-c2ccc(F)cc2)s1. The van der Waals surface area contributed by atoms with Crippen LogP contribution < -0.4 is 5.73 Å². The number of amides is 2. The molecule has 1 aliphatic rings. The number of halogens is 1. The minimum Gasteiger partial charge on any atom is -0.368 e. The quantitative estimate of drug-likeness (QED) is 0.754. The lowest BCUT2D eigenvalue weighted by molar-refractivity contribution is -0.122. The number of nitrogens with two attached hydrogens (primary N) is 1. The van der Waals surface area contributed by atoms with Gasteiger partial charge >= 0.3 is 0 Å². The van der Waals surface area contributed by atoms with Gasteiger partial charge in [0, 0.05) is 17.8 Å². The molecular weight excluding hydrogens is 363 g/mol. The van der Waals surface area contributed by atoms with Gasteiger partial charge < -0.3 is 10.6 Å². The first-order valence-electron chi connectivity index (χ1n) is 8.56. The van der Waals surface area contributed by atoms with E-state index < -0.39 is 11.9 Å². The van der Waals surface area contributed by atoms with Gasteiger partial charge in [-0.2, -0.15) is 0 Å². The molecule has 6 heteroatoms. The number of rotatable bonds is 3. The van der Waals surface area contributed by atoms with Crippen LogP contribution in [0, 0.1) is 5.82 Å². The second-order valence-electron chi connectivity index (χ2n) is 6.49. The Morgan fingerprint density at radius 2 is 1.70 bits per heavy atom. The van der Waals surface area contributed by atoms with Gasteiger partial charge in [-0.3, -0.25) is 9.59 Å². The molecule has 4 nitrogen and oxygen atoms in total. The molecule has 0 fully saturated rings. The second-order valence-corrected chi connectivity index (χ2v) is 7.58. The topological polar surface area (TPSA) is 63.4 Å². The van der Waals surface area contributed by atoms with E-state index in [9.17, 15) is 14.0 Å². The number of benzene rings is 2. The van der Waals surface area contributed by atoms with Crippen molar-refractivity contribution in [1.82, 2.24) is 4.90 Å². The number of carbonyl (C=O) groups excluding carboxylic acids is 2. The summed E-state index contributed by atoms with van der Waals surface area (Å²) in [5, 5.41) is 0. The van der Waals surface area contributed by atoms with Gasteiger partial charge in [-0.15, -0.1) is 11.3 Å². The lowest BCUT2D eigenvalue weighted by atomic mass is 9.93. The van der Waals surface area contributed by atoms with Crippen LogP contribution in [-0.2, 0) is 17.8 Å². The number of fused-ring (bicyclic) bond motifs is 1. The van der Waals surface area contributed by atoms with E-state index in [0.29, 0.717) is 17.8 Å². The summed E-state index contributed by atoms with van der Waals surface area (Å²) in [5.41, 5.74) is 8.49. The molecule has 3 aromatic rings. The van der Waals surface area contributed by atoms with Crippen LogP contribution in [-0.4, -0.2) is 22.8 Å². The van der Waals surface area contributed by atoms with Gasteiger partial charge in [-0.25, -0.2) is 4.39 Å². The van der Waals surface area contributed by atoms with E-state index in [4.69, 9.17) is 5.73 Å². The molecule has 2 heterocycles. The van der Waals surface area contributed by atoms with Crippen molar-refractivity contribution < 1.29 is 14.0 Å². The summed E-state index contributed by atoms with van der Waals surface area (Å²) in [6.07, 6.45) is 0.424. The minimum atomic E-state index is -0.663. The van der Waals surface area contributed by atoms with E-state index in [1.807, 2.05) is 30.3 Å². The summed E-state index contributed by atoms with van der Waals surface area (Å²) >= 11 is 1.32. The summed E-state index contributed by atoms with van der Waals surface area (Å²) < 4.78 is 13.1. The van der Waals surface area contributed by atoms with Crippen molar-refractivity contribution in [2.75, 3.05) is 0 Å². The Kier molecular flexibility index (Phi) is 4.49. The molecule has 0 bridgehead atoms. The summed E-state index contributed by atoms with van der Waals surface area (Å²) in [5.74, 6) is -1.03. The summed E-state index contributed by atoms with van der Waals surface area (Å²) in [6.45, 7) is 0.354. The smallest absolute Gasteiger partial charge is 0.264 e. The van der Waals surface area contributed by atoms with Crippen LogP contribution in [0.5, 0.6) is 0 Å². The molecule has 0 spiro atoms. The molecule has 0 unspecified atom stereocenters. The molecule has 1 atom stereocenters. The maximum Gasteiger partial charge on any atom is 0.264 e. The number of carbonyl (C=O) groups is 2. The summed E-state index contributed by atoms with van der Waals surface area (Å²) in [7, 11) is 0. The lowest BCUT2D eigenvalue weighted by Gasteiger charge is -2.34. The monoisotopic (exact) mass is 380 g/mol. The van der Waals surface area contributed by atoms with Gasteiger partial charge in [0.1, 0.15) is 11.9 Å². The molecule has 0 saturated heterocycles. The average Bonchev–Trinajstić information content (AvgIpc) is 3.17. The molecule has 27 heavy (non-hydrogen) atoms. The van der Waals surface area contributed by atoms with Crippen LogP contribution in [0.1, 0.15) is 20.8 Å². The highest BCUT2D eigenvalue weighted by atomic mass is 32.1. The molecule has 136 valence electrons. The van der Waals surface area contributed by atoms with E-state index >= 15 is 0 Å². The number of thiophene rings is 1. The van der Waals surface area contributed by atoms with E-state index in [2.05, 4.69) is 0 Å². The highest BCUT2D eigenvalue weighted by molar-refractivity contribution is 7.17. The highest BCUT2D eigenvalue weighted by Crippen LogP contribution is 2.31. The van der Waals surface area contributed by atoms with Crippen molar-refractivity contribution in [1.29, 1.82) is 0 Å². The van der Waals surface area contributed by atoms with Crippen molar-refractivity contribution in [2.45, 2.75) is 19.0 Å². The van der Waals surface area contributed by atoms with Crippen LogP contribution in [0.2, 0.25) is 0 Å². The Morgan fingerprint density at radius 1 is 1.00 bits per heavy atom. The standard InChI is InChI=1S/C21H17FN2O2S/c22-16-7-5-13(6-8-16)18-9-10-19(27-18)21(26)24-12-15-4-2-1-3-14(15)11-17(24)20(23)25/h1-10,17H,11-12H2,(H2,23,25)/t17-/m1/s1. The largest absolute Gasteiger partial charge is 0.368 e. The Labute approximate surface area is 160 Å². The van der Waals surface area contributed by atoms with Gasteiger partial charge in [0.05, 0.1) is 4.88 Å². The lowest BCUT2D eigenvalue weighted by Crippen LogP contribution is -2.51. The maximum absolute atomic E-state index is 13.1. The van der Waals surface area contributed by atoms with Crippen LogP contribution in [0.3, 0.4) is 0 Å². The van der Waals surface area contributed by atoms with Crippen molar-refractivity contribution >= 4 is 23.2 Å². The fraction of sp³-hybridized carbons (Fsp3) is 0.143. The third-order valence-electron chi connectivity index (χ3n) is 4.78. The Bertz CT molecular complexity index is 1010. The third kappa shape index (κ3) is 3.36. The van der Waals surface area contributed by atoms with Gasteiger partial charge in [-0.1, -0.05) is 36.4 Å². The van der Waals surface area contributed by atoms with E-state index in [0.717, 1.165) is 21.6 Å². The van der Waals surface area contributed by atoms with Crippen LogP contribution >= 0.6 is 11.3 Å². The molecule has 4 rings (SSSR count). The number of nitrogens with zero attached hydrogens (tertiary/aromatic N) is 1. The van der Waals surface area contributed by atoms with Crippen LogP contribution in [0.4, 0.5) is 4.39 Å². The molecule has 0 aliphatic carbocycles. The van der Waals surface area contributed by atoms with Crippen molar-refractivity contribution in [3.63, 3.8) is 0 Å². The van der Waals surface area contributed by atoms with Crippen molar-refractivity contribution in [3.05, 3.63) is 82.5 Å². The van der Waals surface area contributed by atoms with Crippen LogP contribution in [0.15, 0.2) is 60.7 Å². The molecule has 2 N–H and O–H groups in total. The highest BCUT2D eigenvalue weighted by Gasteiger charge is 2.34. The van der Waals surface area contributed by atoms with Gasteiger partial charge in [-0.05, 0) is 41.0 Å². The molecular formula is C21H17FN2O2S. The van der Waals surface area contributed by atoms with E-state index in [1.165, 1.54) is 23.5 Å². The molecule has 0 radical (unpaired) electrons. The summed E-state index contributed by atoms with van der Waals surface area (Å²) in [6, 6.07) is 16.8. The Morgan fingerprint density at radius 3 is 2.41 bits per heavy atom. The van der Waals surface area contributed by atoms with Gasteiger partial charge in [0.15, 0.2) is 0 Å². The normalized spacial score (nSPS) is 16.0. The predicted octanol–water partition coefficient (Wildman–Crippen LogP) is 3.61. The fourth-order valence-electron chi connectivity index (χ4n) is 3.35. The molecule has 2 aromatic carbocycles. The molecule has 2 amide bonds. The second kappa shape index (κ2) is 6.96. The first kappa shape index (κ1) is 17.4. The van der Waals surface area contributed by atoms with E-state index in [1.54, 1.807) is 23.1 Å². The zero-order valence-electron chi connectivity index (χ0n) is 14.4. The van der Waals surface area contributed by atoms with Gasteiger partial charge in [0.25, 0.3) is 5.91 Å². The van der Waals surface area contributed by atoms with Crippen molar-refractivity contribution in [2.24, 2.45) is 5.73 Å². The zero-order valence-corrected chi connectivity index (χ0v) is 15.2. The first-order valence-corrected chi connectivity index (χ1v) is 9.37. The Balaban J connectivity index is 1.63. The number of hydrogen-bond acceptors (Lipinski definition) is 3. The van der Waals surface area contributed by atoms with Crippen LogP contribution in [0.25, 0.3) is 10.4 Å². The Hall–Kier alpha value is -2.99. The first-order chi connectivity index (χ1) is 13.0. The summed E-state index contributed by atoms with van der Waals surface area (Å²) in [4.78, 5) is 28.0. The molecule has 1 aromatic heterocycles. The average molecular weight is 380 g/mol. The molecule has 0 saturated carbocycles. The maximum atomic E-state index is 13.1. The third-order valence-corrected chi connectivity index (χ3v) is 5.91. The fourth-order valence-corrected chi connectivity index (χ4v) is 4.32. The number of primary amides is 1. The minimum absolute atomic E-state index is 0.216. The number of hydrogen-bond donors (Lipinski definition) is 1. The van der Waals surface area contributed by atoms with Gasteiger partial charge in [0.2, 0.25) is 5.91 Å². The zero-order chi connectivity index (χ0) is 19.0. The van der Waals surface area contributed by atoms with E-state index in [-0.39, 0.29) is 11.7 Å². The predicted molar refractivity (Wildman–Crippen MR) is 103 cm³/mol.